The Morgan fingerprint density at radius 2 is 1.59 bits per heavy atom. The number of amides is 2. The predicted molar refractivity (Wildman–Crippen MR) is 136 cm³/mol. The maximum Gasteiger partial charge on any atom is 0.257 e. The van der Waals surface area contributed by atoms with Crippen LogP contribution < -0.4 is 16.0 Å². The Labute approximate surface area is 200 Å². The zero-order chi connectivity index (χ0) is 24.8. The van der Waals surface area contributed by atoms with E-state index in [1.165, 1.54) is 6.92 Å². The highest BCUT2D eigenvalue weighted by atomic mass is 16.2. The van der Waals surface area contributed by atoms with Crippen molar-refractivity contribution in [2.45, 2.75) is 54.6 Å². The molecule has 3 rings (SSSR count). The fraction of sp³-hybridized carbons (Fsp3) is 0.308. The summed E-state index contributed by atoms with van der Waals surface area (Å²) in [6.45, 7) is 12.7. The molecule has 2 amide bonds. The van der Waals surface area contributed by atoms with Gasteiger partial charge in [-0.3, -0.25) is 19.6 Å². The summed E-state index contributed by atoms with van der Waals surface area (Å²) in [5.41, 5.74) is 7.17. The van der Waals surface area contributed by atoms with E-state index >= 15 is 0 Å². The van der Waals surface area contributed by atoms with Crippen molar-refractivity contribution in [1.82, 2.24) is 15.1 Å². The molecule has 0 unspecified atom stereocenters. The zero-order valence-corrected chi connectivity index (χ0v) is 20.6. The lowest BCUT2D eigenvalue weighted by Crippen LogP contribution is -2.36. The standard InChI is InChI=1S/C26H32N6O2/c1-7-32-19(5)24(18(4)31-32)15-27-26(29-23-13-16(2)12-17(3)14-23)30-25(34)21-8-10-22(11-9-21)28-20(6)33/h8-14H,7,15H2,1-6H3,(H,28,33)(H2,27,29,30,34). The lowest BCUT2D eigenvalue weighted by molar-refractivity contribution is -0.114. The van der Waals surface area contributed by atoms with E-state index in [0.717, 1.165) is 40.3 Å². The second-order valence-electron chi connectivity index (χ2n) is 8.34. The van der Waals surface area contributed by atoms with Crippen LogP contribution in [0.4, 0.5) is 11.4 Å². The molecule has 1 aromatic heterocycles. The zero-order valence-electron chi connectivity index (χ0n) is 20.6. The number of benzene rings is 2. The fourth-order valence-corrected chi connectivity index (χ4v) is 3.81. The number of guanidine groups is 1. The summed E-state index contributed by atoms with van der Waals surface area (Å²) in [5, 5.41) is 13.4. The largest absolute Gasteiger partial charge is 0.326 e. The number of rotatable bonds is 6. The summed E-state index contributed by atoms with van der Waals surface area (Å²) in [4.78, 5) is 28.9. The first-order chi connectivity index (χ1) is 16.2. The van der Waals surface area contributed by atoms with E-state index in [-0.39, 0.29) is 11.8 Å². The lowest BCUT2D eigenvalue weighted by atomic mass is 10.1. The Morgan fingerprint density at radius 1 is 0.941 bits per heavy atom. The lowest BCUT2D eigenvalue weighted by Gasteiger charge is -2.13. The van der Waals surface area contributed by atoms with Gasteiger partial charge in [0.25, 0.3) is 5.91 Å². The number of hydrogen-bond donors (Lipinski definition) is 3. The number of aliphatic imine (C=N–C) groups is 1. The number of hydrogen-bond acceptors (Lipinski definition) is 4. The van der Waals surface area contributed by atoms with Crippen LogP contribution in [0.2, 0.25) is 0 Å². The van der Waals surface area contributed by atoms with Gasteiger partial charge in [0.1, 0.15) is 0 Å². The Bertz CT molecular complexity index is 1200. The molecule has 0 aliphatic heterocycles. The van der Waals surface area contributed by atoms with Crippen molar-refractivity contribution < 1.29 is 9.59 Å². The van der Waals surface area contributed by atoms with E-state index < -0.39 is 0 Å². The first-order valence-corrected chi connectivity index (χ1v) is 11.3. The average Bonchev–Trinajstić information content (AvgIpc) is 3.04. The molecule has 0 saturated heterocycles. The van der Waals surface area contributed by atoms with Gasteiger partial charge in [0.2, 0.25) is 11.9 Å². The summed E-state index contributed by atoms with van der Waals surface area (Å²) >= 11 is 0. The maximum atomic E-state index is 13.0. The summed E-state index contributed by atoms with van der Waals surface area (Å²) < 4.78 is 1.95. The van der Waals surface area contributed by atoms with E-state index in [4.69, 9.17) is 4.99 Å². The van der Waals surface area contributed by atoms with Crippen molar-refractivity contribution in [2.75, 3.05) is 10.6 Å². The fourth-order valence-electron chi connectivity index (χ4n) is 3.81. The predicted octanol–water partition coefficient (Wildman–Crippen LogP) is 4.49. The number of nitrogens with zero attached hydrogens (tertiary/aromatic N) is 3. The summed E-state index contributed by atoms with van der Waals surface area (Å²) in [5.74, 6) is -0.118. The van der Waals surface area contributed by atoms with Crippen LogP contribution in [0, 0.1) is 27.7 Å². The van der Waals surface area contributed by atoms with Gasteiger partial charge in [-0.1, -0.05) is 6.07 Å². The molecule has 0 aliphatic rings. The van der Waals surface area contributed by atoms with Gasteiger partial charge in [-0.25, -0.2) is 4.99 Å². The van der Waals surface area contributed by atoms with Gasteiger partial charge in [0.15, 0.2) is 0 Å². The third-order valence-corrected chi connectivity index (χ3v) is 5.41. The van der Waals surface area contributed by atoms with Gasteiger partial charge in [-0.2, -0.15) is 5.10 Å². The number of nitrogens with one attached hydrogen (secondary N) is 3. The molecular weight excluding hydrogens is 428 g/mol. The van der Waals surface area contributed by atoms with Crippen molar-refractivity contribution in [2.24, 2.45) is 4.99 Å². The van der Waals surface area contributed by atoms with Crippen molar-refractivity contribution in [3.8, 4) is 0 Å². The normalized spacial score (nSPS) is 11.3. The minimum absolute atomic E-state index is 0.166. The summed E-state index contributed by atoms with van der Waals surface area (Å²) in [6.07, 6.45) is 0. The third-order valence-electron chi connectivity index (χ3n) is 5.41. The van der Waals surface area contributed by atoms with Crippen molar-refractivity contribution >= 4 is 29.1 Å². The Morgan fingerprint density at radius 3 is 2.15 bits per heavy atom. The molecule has 178 valence electrons. The molecule has 3 N–H and O–H groups in total. The average molecular weight is 461 g/mol. The van der Waals surface area contributed by atoms with Crippen LogP contribution in [0.1, 0.15) is 52.3 Å². The monoisotopic (exact) mass is 460 g/mol. The first kappa shape index (κ1) is 24.7. The minimum Gasteiger partial charge on any atom is -0.326 e. The van der Waals surface area contributed by atoms with Crippen molar-refractivity contribution in [3.05, 3.63) is 76.1 Å². The van der Waals surface area contributed by atoms with Gasteiger partial charge in [0.05, 0.1) is 12.2 Å². The molecule has 0 fully saturated rings. The molecule has 0 bridgehead atoms. The van der Waals surface area contributed by atoms with Crippen LogP contribution >= 0.6 is 0 Å². The molecule has 8 nitrogen and oxygen atoms in total. The molecule has 1 heterocycles. The molecule has 0 saturated carbocycles. The van der Waals surface area contributed by atoms with Crippen LogP contribution in [0.3, 0.4) is 0 Å². The van der Waals surface area contributed by atoms with Gasteiger partial charge in [0, 0.05) is 41.7 Å². The highest BCUT2D eigenvalue weighted by Gasteiger charge is 2.13. The molecule has 0 atom stereocenters. The van der Waals surface area contributed by atoms with Crippen LogP contribution in [-0.4, -0.2) is 27.6 Å². The molecule has 3 aromatic rings. The van der Waals surface area contributed by atoms with Crippen LogP contribution in [0.25, 0.3) is 0 Å². The van der Waals surface area contributed by atoms with E-state index in [2.05, 4.69) is 34.0 Å². The number of carbonyl (C=O) groups is 2. The minimum atomic E-state index is -0.303. The van der Waals surface area contributed by atoms with Crippen LogP contribution in [0.15, 0.2) is 47.5 Å². The SMILES string of the molecule is CCn1nc(C)c(CN=C(NC(=O)c2ccc(NC(C)=O)cc2)Nc2cc(C)cc(C)c2)c1C. The molecule has 0 aliphatic carbocycles. The summed E-state index contributed by atoms with van der Waals surface area (Å²) in [7, 11) is 0. The van der Waals surface area contributed by atoms with Crippen LogP contribution in [0.5, 0.6) is 0 Å². The Balaban J connectivity index is 1.86. The van der Waals surface area contributed by atoms with E-state index in [9.17, 15) is 9.59 Å². The molecule has 0 radical (unpaired) electrons. The van der Waals surface area contributed by atoms with Gasteiger partial charge in [-0.05, 0) is 82.1 Å². The number of aromatic nitrogens is 2. The van der Waals surface area contributed by atoms with Gasteiger partial charge >= 0.3 is 0 Å². The first-order valence-electron chi connectivity index (χ1n) is 11.3. The number of carbonyl (C=O) groups excluding carboxylic acids is 2. The third kappa shape index (κ3) is 6.31. The maximum absolute atomic E-state index is 13.0. The Kier molecular flexibility index (Phi) is 7.83. The molecule has 34 heavy (non-hydrogen) atoms. The Hall–Kier alpha value is -3.94. The van der Waals surface area contributed by atoms with E-state index in [1.54, 1.807) is 24.3 Å². The van der Waals surface area contributed by atoms with Crippen molar-refractivity contribution in [1.29, 1.82) is 0 Å². The van der Waals surface area contributed by atoms with E-state index in [0.29, 0.717) is 23.8 Å². The smallest absolute Gasteiger partial charge is 0.257 e. The second kappa shape index (κ2) is 10.8. The quantitative estimate of drug-likeness (QED) is 0.373. The van der Waals surface area contributed by atoms with Gasteiger partial charge in [-0.15, -0.1) is 0 Å². The molecule has 8 heteroatoms. The number of anilines is 2. The molecule has 0 spiro atoms. The topological polar surface area (TPSA) is 100 Å². The summed E-state index contributed by atoms with van der Waals surface area (Å²) in [6, 6.07) is 12.8. The van der Waals surface area contributed by atoms with E-state index in [1.807, 2.05) is 44.5 Å². The molecular formula is C26H32N6O2. The van der Waals surface area contributed by atoms with Gasteiger partial charge < -0.3 is 10.6 Å². The highest BCUT2D eigenvalue weighted by Crippen LogP contribution is 2.16. The molecule has 2 aromatic carbocycles. The second-order valence-corrected chi connectivity index (χ2v) is 8.34. The number of aryl methyl sites for hydroxylation is 4. The van der Waals surface area contributed by atoms with Crippen LogP contribution in [-0.2, 0) is 17.9 Å². The van der Waals surface area contributed by atoms with Crippen molar-refractivity contribution in [3.63, 3.8) is 0 Å². The highest BCUT2D eigenvalue weighted by molar-refractivity contribution is 6.10.